The number of benzene rings is 2. The maximum Gasteiger partial charge on any atom is 0.126 e. The fourth-order valence-electron chi connectivity index (χ4n) is 2.12. The normalized spacial score (nSPS) is 10.8. The molecule has 0 atom stereocenters. The van der Waals surface area contributed by atoms with Crippen LogP contribution in [-0.2, 0) is 6.54 Å². The summed E-state index contributed by atoms with van der Waals surface area (Å²) in [4.78, 5) is 0. The fourth-order valence-corrected chi connectivity index (χ4v) is 2.44. The monoisotopic (exact) mass is 291 g/mol. The highest BCUT2D eigenvalue weighted by atomic mass is 35.5. The largest absolute Gasteiger partial charge is 0.313 e. The summed E-state index contributed by atoms with van der Waals surface area (Å²) in [6.45, 7) is 5.71. The Morgan fingerprint density at radius 1 is 1.15 bits per heavy atom. The van der Waals surface area contributed by atoms with Crippen LogP contribution in [0.25, 0.3) is 11.1 Å². The van der Waals surface area contributed by atoms with Crippen LogP contribution in [0.2, 0.25) is 5.02 Å². The second-order valence-electron chi connectivity index (χ2n) is 4.95. The van der Waals surface area contributed by atoms with Gasteiger partial charge in [-0.25, -0.2) is 4.39 Å². The average molecular weight is 292 g/mol. The number of hydrogen-bond donors (Lipinski definition) is 1. The molecule has 0 aliphatic rings. The number of aryl methyl sites for hydroxylation is 1. The molecule has 3 heteroatoms. The summed E-state index contributed by atoms with van der Waals surface area (Å²) < 4.78 is 13.3. The predicted octanol–water partition coefficient (Wildman–Crippen LogP) is 4.95. The van der Waals surface area contributed by atoms with Crippen molar-refractivity contribution in [3.8, 4) is 11.1 Å². The van der Waals surface area contributed by atoms with Crippen molar-refractivity contribution in [2.24, 2.45) is 0 Å². The Kier molecular flexibility index (Phi) is 5.16. The Morgan fingerprint density at radius 2 is 1.95 bits per heavy atom. The van der Waals surface area contributed by atoms with Crippen molar-refractivity contribution >= 4 is 11.6 Å². The predicted molar refractivity (Wildman–Crippen MR) is 83.6 cm³/mol. The third-order valence-corrected chi connectivity index (χ3v) is 3.57. The molecule has 0 heterocycles. The van der Waals surface area contributed by atoms with Crippen LogP contribution in [0.4, 0.5) is 4.39 Å². The van der Waals surface area contributed by atoms with Gasteiger partial charge in [0.15, 0.2) is 0 Å². The average Bonchev–Trinajstić information content (AvgIpc) is 2.43. The second-order valence-corrected chi connectivity index (χ2v) is 5.36. The highest BCUT2D eigenvalue weighted by Crippen LogP contribution is 2.29. The van der Waals surface area contributed by atoms with Crippen LogP contribution in [0, 0.1) is 12.7 Å². The quantitative estimate of drug-likeness (QED) is 0.768. The van der Waals surface area contributed by atoms with Crippen molar-refractivity contribution in [3.63, 3.8) is 0 Å². The topological polar surface area (TPSA) is 12.0 Å². The maximum absolute atomic E-state index is 13.3. The standard InChI is InChI=1S/C17H19ClFN/c1-3-8-20-11-13-4-6-15(16(18)10-13)14-5-7-17(19)12(2)9-14/h4-7,9-10,20H,3,8,11H2,1-2H3. The smallest absolute Gasteiger partial charge is 0.126 e. The van der Waals surface area contributed by atoms with Crippen LogP contribution in [0.3, 0.4) is 0 Å². The third kappa shape index (κ3) is 3.59. The molecule has 0 saturated carbocycles. The molecule has 106 valence electrons. The summed E-state index contributed by atoms with van der Waals surface area (Å²) in [6.07, 6.45) is 1.11. The number of nitrogens with one attached hydrogen (secondary N) is 1. The molecule has 0 spiro atoms. The first-order valence-corrected chi connectivity index (χ1v) is 7.25. The molecule has 0 aliphatic carbocycles. The van der Waals surface area contributed by atoms with E-state index in [9.17, 15) is 4.39 Å². The molecule has 0 fully saturated rings. The van der Waals surface area contributed by atoms with E-state index in [1.807, 2.05) is 18.2 Å². The highest BCUT2D eigenvalue weighted by Gasteiger charge is 2.06. The van der Waals surface area contributed by atoms with Gasteiger partial charge in [-0.2, -0.15) is 0 Å². The molecule has 0 radical (unpaired) electrons. The van der Waals surface area contributed by atoms with Gasteiger partial charge in [-0.1, -0.05) is 36.7 Å². The summed E-state index contributed by atoms with van der Waals surface area (Å²) in [7, 11) is 0. The van der Waals surface area contributed by atoms with E-state index in [-0.39, 0.29) is 5.82 Å². The van der Waals surface area contributed by atoms with Gasteiger partial charge in [0.1, 0.15) is 5.82 Å². The van der Waals surface area contributed by atoms with E-state index in [1.54, 1.807) is 13.0 Å². The lowest BCUT2D eigenvalue weighted by molar-refractivity contribution is 0.619. The van der Waals surface area contributed by atoms with Crippen molar-refractivity contribution < 1.29 is 4.39 Å². The molecule has 2 aromatic carbocycles. The van der Waals surface area contributed by atoms with Gasteiger partial charge in [0.25, 0.3) is 0 Å². The zero-order valence-electron chi connectivity index (χ0n) is 11.8. The van der Waals surface area contributed by atoms with Gasteiger partial charge in [-0.05, 0) is 54.8 Å². The van der Waals surface area contributed by atoms with Crippen LogP contribution in [-0.4, -0.2) is 6.54 Å². The fraction of sp³-hybridized carbons (Fsp3) is 0.294. The number of halogens is 2. The van der Waals surface area contributed by atoms with Gasteiger partial charge in [-0.15, -0.1) is 0 Å². The Balaban J connectivity index is 2.22. The molecular weight excluding hydrogens is 273 g/mol. The van der Waals surface area contributed by atoms with Crippen LogP contribution in [0.5, 0.6) is 0 Å². The van der Waals surface area contributed by atoms with E-state index < -0.39 is 0 Å². The van der Waals surface area contributed by atoms with Gasteiger partial charge in [0, 0.05) is 17.1 Å². The number of rotatable bonds is 5. The SMILES string of the molecule is CCCNCc1ccc(-c2ccc(F)c(C)c2)c(Cl)c1. The van der Waals surface area contributed by atoms with Crippen molar-refractivity contribution in [3.05, 3.63) is 58.4 Å². The van der Waals surface area contributed by atoms with Crippen LogP contribution < -0.4 is 5.32 Å². The summed E-state index contributed by atoms with van der Waals surface area (Å²) >= 11 is 6.35. The zero-order valence-corrected chi connectivity index (χ0v) is 12.6. The second kappa shape index (κ2) is 6.87. The van der Waals surface area contributed by atoms with Gasteiger partial charge < -0.3 is 5.32 Å². The first-order valence-electron chi connectivity index (χ1n) is 6.87. The summed E-state index contributed by atoms with van der Waals surface area (Å²) in [5, 5.41) is 4.05. The molecular formula is C17H19ClFN. The van der Waals surface area contributed by atoms with Crippen molar-refractivity contribution in [1.82, 2.24) is 5.32 Å². The van der Waals surface area contributed by atoms with E-state index in [0.717, 1.165) is 36.2 Å². The summed E-state index contributed by atoms with van der Waals surface area (Å²) in [5.41, 5.74) is 3.68. The lowest BCUT2D eigenvalue weighted by Gasteiger charge is -2.09. The molecule has 2 rings (SSSR count). The maximum atomic E-state index is 13.3. The first kappa shape index (κ1) is 15.0. The molecule has 1 nitrogen and oxygen atoms in total. The number of hydrogen-bond acceptors (Lipinski definition) is 1. The minimum Gasteiger partial charge on any atom is -0.313 e. The molecule has 20 heavy (non-hydrogen) atoms. The van der Waals surface area contributed by atoms with Gasteiger partial charge in [0.2, 0.25) is 0 Å². The van der Waals surface area contributed by atoms with Gasteiger partial charge >= 0.3 is 0 Å². The van der Waals surface area contributed by atoms with Crippen LogP contribution in [0.15, 0.2) is 36.4 Å². The zero-order chi connectivity index (χ0) is 14.5. The van der Waals surface area contributed by atoms with Crippen molar-refractivity contribution in [1.29, 1.82) is 0 Å². The lowest BCUT2D eigenvalue weighted by Crippen LogP contribution is -2.13. The molecule has 0 unspecified atom stereocenters. The minimum atomic E-state index is -0.190. The Morgan fingerprint density at radius 3 is 2.60 bits per heavy atom. The Labute approximate surface area is 124 Å². The van der Waals surface area contributed by atoms with E-state index in [2.05, 4.69) is 18.3 Å². The van der Waals surface area contributed by atoms with Crippen LogP contribution >= 0.6 is 11.6 Å². The molecule has 0 amide bonds. The minimum absolute atomic E-state index is 0.190. The van der Waals surface area contributed by atoms with E-state index in [4.69, 9.17) is 11.6 Å². The van der Waals surface area contributed by atoms with Crippen LogP contribution in [0.1, 0.15) is 24.5 Å². The van der Waals surface area contributed by atoms with E-state index in [0.29, 0.717) is 10.6 Å². The van der Waals surface area contributed by atoms with Crippen molar-refractivity contribution in [2.45, 2.75) is 26.8 Å². The summed E-state index contributed by atoms with van der Waals surface area (Å²) in [6, 6.07) is 11.1. The molecule has 2 aromatic rings. The molecule has 0 saturated heterocycles. The van der Waals surface area contributed by atoms with E-state index >= 15 is 0 Å². The van der Waals surface area contributed by atoms with E-state index in [1.165, 1.54) is 6.07 Å². The molecule has 0 bridgehead atoms. The molecule has 1 N–H and O–H groups in total. The Bertz CT molecular complexity index is 596. The lowest BCUT2D eigenvalue weighted by atomic mass is 10.0. The highest BCUT2D eigenvalue weighted by molar-refractivity contribution is 6.33. The molecule has 0 aliphatic heterocycles. The summed E-state index contributed by atoms with van der Waals surface area (Å²) in [5.74, 6) is -0.190. The first-order chi connectivity index (χ1) is 9.61. The Hall–Kier alpha value is -1.38. The van der Waals surface area contributed by atoms with Crippen molar-refractivity contribution in [2.75, 3.05) is 6.54 Å². The van der Waals surface area contributed by atoms with Gasteiger partial charge in [0.05, 0.1) is 0 Å². The third-order valence-electron chi connectivity index (χ3n) is 3.26. The van der Waals surface area contributed by atoms with Gasteiger partial charge in [-0.3, -0.25) is 0 Å². The molecule has 0 aromatic heterocycles.